The van der Waals surface area contributed by atoms with Gasteiger partial charge in [-0.15, -0.1) is 11.3 Å². The van der Waals surface area contributed by atoms with Gasteiger partial charge in [-0.3, -0.25) is 10.1 Å². The Hall–Kier alpha value is -3.76. The lowest BCUT2D eigenvalue weighted by molar-refractivity contribution is -0.382. The zero-order valence-corrected chi connectivity index (χ0v) is 16.6. The molecular formula is C26H15NO2S. The second-order valence-electron chi connectivity index (χ2n) is 7.38. The maximum atomic E-state index is 12.2. The molecule has 142 valence electrons. The Bertz CT molecular complexity index is 1630. The summed E-state index contributed by atoms with van der Waals surface area (Å²) in [5.41, 5.74) is 1.73. The van der Waals surface area contributed by atoms with E-state index in [1.54, 1.807) is 11.3 Å². The zero-order chi connectivity index (χ0) is 20.2. The molecule has 0 amide bonds. The Balaban J connectivity index is 1.82. The van der Waals surface area contributed by atoms with Crippen molar-refractivity contribution < 1.29 is 4.92 Å². The molecule has 6 aromatic rings. The molecule has 5 aromatic carbocycles. The molecule has 30 heavy (non-hydrogen) atoms. The van der Waals surface area contributed by atoms with Gasteiger partial charge in [0.25, 0.3) is 5.69 Å². The summed E-state index contributed by atoms with van der Waals surface area (Å²) in [5.74, 6) is 0. The first-order valence-electron chi connectivity index (χ1n) is 9.72. The van der Waals surface area contributed by atoms with E-state index in [0.717, 1.165) is 27.1 Å². The lowest BCUT2D eigenvalue weighted by Gasteiger charge is -2.11. The van der Waals surface area contributed by atoms with Gasteiger partial charge in [-0.25, -0.2) is 0 Å². The van der Waals surface area contributed by atoms with Gasteiger partial charge in [-0.05, 0) is 40.6 Å². The molecule has 0 aliphatic carbocycles. The quantitative estimate of drug-likeness (QED) is 0.217. The van der Waals surface area contributed by atoms with Crippen LogP contribution in [0.1, 0.15) is 0 Å². The van der Waals surface area contributed by atoms with Crippen molar-refractivity contribution in [3.63, 3.8) is 0 Å². The SMILES string of the molecule is O=[N+]([O-])c1c(-c2cc3c4ccccc4sc3c3ccccc23)ccc2ccccc12. The molecule has 0 atom stereocenters. The molecule has 0 bridgehead atoms. The van der Waals surface area contributed by atoms with Gasteiger partial charge in [0.2, 0.25) is 0 Å². The smallest absolute Gasteiger partial charge is 0.258 e. The summed E-state index contributed by atoms with van der Waals surface area (Å²) in [6.07, 6.45) is 0. The summed E-state index contributed by atoms with van der Waals surface area (Å²) < 4.78 is 2.45. The molecule has 0 saturated carbocycles. The van der Waals surface area contributed by atoms with Crippen molar-refractivity contribution in [3.8, 4) is 11.1 Å². The molecular weight excluding hydrogens is 390 g/mol. The second-order valence-corrected chi connectivity index (χ2v) is 8.44. The van der Waals surface area contributed by atoms with Crippen LogP contribution in [0.5, 0.6) is 0 Å². The summed E-state index contributed by atoms with van der Waals surface area (Å²) in [5, 5.41) is 18.2. The lowest BCUT2D eigenvalue weighted by atomic mass is 9.92. The standard InChI is InChI=1S/C26H15NO2S/c28-27(29)25-17-8-2-1-7-16(17)13-14-20(25)22-15-23-19-10-5-6-12-24(19)30-26(23)21-11-4-3-9-18(21)22/h1-15H. The topological polar surface area (TPSA) is 43.1 Å². The minimum absolute atomic E-state index is 0.164. The van der Waals surface area contributed by atoms with Crippen molar-refractivity contribution >= 4 is 58.7 Å². The number of hydrogen-bond donors (Lipinski definition) is 0. The molecule has 6 rings (SSSR count). The van der Waals surface area contributed by atoms with Gasteiger partial charge in [0.1, 0.15) is 0 Å². The van der Waals surface area contributed by atoms with E-state index in [-0.39, 0.29) is 10.6 Å². The van der Waals surface area contributed by atoms with Crippen molar-refractivity contribution in [2.75, 3.05) is 0 Å². The van der Waals surface area contributed by atoms with Gasteiger partial charge in [-0.1, -0.05) is 66.7 Å². The van der Waals surface area contributed by atoms with Crippen LogP contribution in [-0.4, -0.2) is 4.92 Å². The first-order valence-corrected chi connectivity index (χ1v) is 10.5. The van der Waals surface area contributed by atoms with Crippen LogP contribution < -0.4 is 0 Å². The van der Waals surface area contributed by atoms with Gasteiger partial charge < -0.3 is 0 Å². The number of thiophene rings is 1. The van der Waals surface area contributed by atoms with Crippen molar-refractivity contribution in [2.45, 2.75) is 0 Å². The fourth-order valence-electron chi connectivity index (χ4n) is 4.44. The molecule has 0 aliphatic rings. The van der Waals surface area contributed by atoms with Crippen molar-refractivity contribution in [3.05, 3.63) is 101 Å². The van der Waals surface area contributed by atoms with E-state index in [2.05, 4.69) is 36.4 Å². The Morgan fingerprint density at radius 1 is 0.633 bits per heavy atom. The fourth-order valence-corrected chi connectivity index (χ4v) is 5.66. The molecule has 0 aliphatic heterocycles. The van der Waals surface area contributed by atoms with Crippen LogP contribution in [0.3, 0.4) is 0 Å². The predicted octanol–water partition coefficient (Wildman–Crippen LogP) is 7.94. The van der Waals surface area contributed by atoms with Crippen molar-refractivity contribution in [2.24, 2.45) is 0 Å². The molecule has 0 N–H and O–H groups in total. The highest BCUT2D eigenvalue weighted by Gasteiger charge is 2.22. The molecule has 0 radical (unpaired) electrons. The Morgan fingerprint density at radius 3 is 2.10 bits per heavy atom. The fraction of sp³-hybridized carbons (Fsp3) is 0. The number of nitro benzene ring substituents is 1. The van der Waals surface area contributed by atoms with Gasteiger partial charge in [0, 0.05) is 25.6 Å². The zero-order valence-electron chi connectivity index (χ0n) is 15.8. The predicted molar refractivity (Wildman–Crippen MR) is 126 cm³/mol. The molecule has 1 heterocycles. The third-order valence-corrected chi connectivity index (χ3v) is 6.98. The normalized spacial score (nSPS) is 11.6. The average Bonchev–Trinajstić information content (AvgIpc) is 3.16. The van der Waals surface area contributed by atoms with E-state index < -0.39 is 0 Å². The second kappa shape index (κ2) is 6.37. The molecule has 0 fully saturated rings. The van der Waals surface area contributed by atoms with Gasteiger partial charge in [-0.2, -0.15) is 0 Å². The summed E-state index contributed by atoms with van der Waals surface area (Å²) in [6.45, 7) is 0. The minimum Gasteiger partial charge on any atom is -0.258 e. The first kappa shape index (κ1) is 17.1. The van der Waals surface area contributed by atoms with E-state index in [1.165, 1.54) is 14.8 Å². The Kier molecular flexibility index (Phi) is 3.64. The van der Waals surface area contributed by atoms with E-state index in [0.29, 0.717) is 10.9 Å². The Labute approximate surface area is 176 Å². The minimum atomic E-state index is -0.248. The number of nitrogens with zero attached hydrogens (tertiary/aromatic N) is 1. The largest absolute Gasteiger partial charge is 0.284 e. The van der Waals surface area contributed by atoms with Gasteiger partial charge >= 0.3 is 0 Å². The summed E-state index contributed by atoms with van der Waals surface area (Å²) in [4.78, 5) is 11.9. The number of fused-ring (bicyclic) bond motifs is 6. The van der Waals surface area contributed by atoms with Crippen LogP contribution in [0.25, 0.3) is 52.8 Å². The number of nitro groups is 1. The van der Waals surface area contributed by atoms with Gasteiger partial charge in [0.05, 0.1) is 15.9 Å². The van der Waals surface area contributed by atoms with Crippen LogP contribution in [0.4, 0.5) is 5.69 Å². The molecule has 4 heteroatoms. The van der Waals surface area contributed by atoms with E-state index in [1.807, 2.05) is 54.6 Å². The molecule has 0 spiro atoms. The lowest BCUT2D eigenvalue weighted by Crippen LogP contribution is -1.94. The highest BCUT2D eigenvalue weighted by atomic mass is 32.1. The average molecular weight is 405 g/mol. The van der Waals surface area contributed by atoms with Crippen LogP contribution in [0.2, 0.25) is 0 Å². The number of benzene rings is 5. The number of hydrogen-bond acceptors (Lipinski definition) is 3. The highest BCUT2D eigenvalue weighted by molar-refractivity contribution is 7.26. The van der Waals surface area contributed by atoms with E-state index in [9.17, 15) is 10.1 Å². The molecule has 3 nitrogen and oxygen atoms in total. The maximum Gasteiger partial charge on any atom is 0.284 e. The third-order valence-electron chi connectivity index (χ3n) is 5.76. The first-order chi connectivity index (χ1) is 14.7. The van der Waals surface area contributed by atoms with Gasteiger partial charge in [0.15, 0.2) is 0 Å². The van der Waals surface area contributed by atoms with Crippen LogP contribution in [-0.2, 0) is 0 Å². The van der Waals surface area contributed by atoms with Crippen LogP contribution in [0, 0.1) is 10.1 Å². The van der Waals surface area contributed by atoms with E-state index in [4.69, 9.17) is 0 Å². The van der Waals surface area contributed by atoms with Crippen molar-refractivity contribution in [1.29, 1.82) is 0 Å². The van der Waals surface area contributed by atoms with Crippen LogP contribution in [0.15, 0.2) is 91.0 Å². The van der Waals surface area contributed by atoms with Crippen LogP contribution >= 0.6 is 11.3 Å². The summed E-state index contributed by atoms with van der Waals surface area (Å²) >= 11 is 1.77. The molecule has 0 unspecified atom stereocenters. The monoisotopic (exact) mass is 405 g/mol. The molecule has 1 aromatic heterocycles. The third kappa shape index (κ3) is 2.38. The summed E-state index contributed by atoms with van der Waals surface area (Å²) in [7, 11) is 0. The maximum absolute atomic E-state index is 12.2. The molecule has 0 saturated heterocycles. The highest BCUT2D eigenvalue weighted by Crippen LogP contribution is 2.45. The Morgan fingerprint density at radius 2 is 1.30 bits per heavy atom. The van der Waals surface area contributed by atoms with Crippen molar-refractivity contribution in [1.82, 2.24) is 0 Å². The summed E-state index contributed by atoms with van der Waals surface area (Å²) in [6, 6.07) is 30.1. The van der Waals surface area contributed by atoms with E-state index >= 15 is 0 Å². The number of rotatable bonds is 2.